The lowest BCUT2D eigenvalue weighted by Gasteiger charge is -2.37. The van der Waals surface area contributed by atoms with Crippen molar-refractivity contribution in [1.82, 2.24) is 4.98 Å². The van der Waals surface area contributed by atoms with Crippen LogP contribution in [0.5, 0.6) is 0 Å². The summed E-state index contributed by atoms with van der Waals surface area (Å²) < 4.78 is 0. The summed E-state index contributed by atoms with van der Waals surface area (Å²) in [6, 6.07) is 16.1. The number of hydrogen-bond acceptors (Lipinski definition) is 3. The minimum Gasteiger partial charge on any atom is -0.368 e. The maximum atomic E-state index is 6.28. The molecule has 0 atom stereocenters. The second-order valence-corrected chi connectivity index (χ2v) is 6.76. The lowest BCUT2D eigenvalue weighted by molar-refractivity contribution is 0.655. The van der Waals surface area contributed by atoms with Crippen LogP contribution in [0.25, 0.3) is 10.9 Å². The van der Waals surface area contributed by atoms with E-state index < -0.39 is 0 Å². The van der Waals surface area contributed by atoms with E-state index in [4.69, 9.17) is 23.2 Å². The first-order chi connectivity index (χ1) is 11.7. The molecule has 122 valence electrons. The molecule has 1 saturated heterocycles. The van der Waals surface area contributed by atoms with E-state index >= 15 is 0 Å². The molecule has 1 aliphatic rings. The molecule has 0 saturated carbocycles. The zero-order chi connectivity index (χ0) is 16.5. The van der Waals surface area contributed by atoms with E-state index in [9.17, 15) is 0 Å². The molecule has 2 aromatic carbocycles. The van der Waals surface area contributed by atoms with Gasteiger partial charge in [0.25, 0.3) is 0 Å². The van der Waals surface area contributed by atoms with Crippen molar-refractivity contribution in [3.8, 4) is 0 Å². The van der Waals surface area contributed by atoms with Crippen LogP contribution in [0.3, 0.4) is 0 Å². The molecule has 0 spiro atoms. The van der Waals surface area contributed by atoms with Crippen LogP contribution in [0.15, 0.2) is 54.7 Å². The van der Waals surface area contributed by atoms with Gasteiger partial charge in [0.15, 0.2) is 0 Å². The van der Waals surface area contributed by atoms with Crippen LogP contribution in [0.2, 0.25) is 10.0 Å². The summed E-state index contributed by atoms with van der Waals surface area (Å²) in [6.45, 7) is 3.84. The summed E-state index contributed by atoms with van der Waals surface area (Å²) in [6.07, 6.45) is 1.84. The quantitative estimate of drug-likeness (QED) is 0.652. The molecule has 0 radical (unpaired) electrons. The molecule has 0 amide bonds. The molecular formula is C19H17Cl2N3. The molecule has 4 rings (SSSR count). The number of fused-ring (bicyclic) bond motifs is 1. The van der Waals surface area contributed by atoms with Crippen LogP contribution in [0.1, 0.15) is 0 Å². The lowest BCUT2D eigenvalue weighted by atomic mass is 10.1. The van der Waals surface area contributed by atoms with Crippen LogP contribution in [-0.4, -0.2) is 31.2 Å². The van der Waals surface area contributed by atoms with Crippen molar-refractivity contribution in [3.05, 3.63) is 64.8 Å². The van der Waals surface area contributed by atoms with Gasteiger partial charge in [0.1, 0.15) is 0 Å². The highest BCUT2D eigenvalue weighted by atomic mass is 35.5. The van der Waals surface area contributed by atoms with Gasteiger partial charge < -0.3 is 9.80 Å². The zero-order valence-electron chi connectivity index (χ0n) is 13.1. The summed E-state index contributed by atoms with van der Waals surface area (Å²) in [4.78, 5) is 9.20. The first kappa shape index (κ1) is 15.6. The number of pyridine rings is 1. The monoisotopic (exact) mass is 357 g/mol. The third kappa shape index (κ3) is 2.90. The van der Waals surface area contributed by atoms with E-state index in [0.717, 1.165) is 42.1 Å². The molecule has 0 N–H and O–H groups in total. The van der Waals surface area contributed by atoms with Crippen LogP contribution < -0.4 is 9.80 Å². The second kappa shape index (κ2) is 6.50. The van der Waals surface area contributed by atoms with E-state index in [1.165, 1.54) is 11.4 Å². The number of rotatable bonds is 2. The molecule has 0 unspecified atom stereocenters. The number of halogens is 2. The fourth-order valence-corrected chi connectivity index (χ4v) is 3.69. The predicted octanol–water partition coefficient (Wildman–Crippen LogP) is 4.87. The Kier molecular flexibility index (Phi) is 4.21. The Hall–Kier alpha value is -1.97. The topological polar surface area (TPSA) is 19.4 Å². The van der Waals surface area contributed by atoms with Crippen molar-refractivity contribution in [1.29, 1.82) is 0 Å². The summed E-state index contributed by atoms with van der Waals surface area (Å²) >= 11 is 12.4. The molecule has 3 aromatic rings. The highest BCUT2D eigenvalue weighted by Crippen LogP contribution is 2.31. The van der Waals surface area contributed by atoms with Gasteiger partial charge in [0.2, 0.25) is 0 Å². The highest BCUT2D eigenvalue weighted by Gasteiger charge is 2.19. The lowest BCUT2D eigenvalue weighted by Crippen LogP contribution is -2.46. The molecule has 1 aliphatic heterocycles. The Morgan fingerprint density at radius 1 is 0.833 bits per heavy atom. The Bertz CT molecular complexity index is 873. The summed E-state index contributed by atoms with van der Waals surface area (Å²) in [5.41, 5.74) is 3.26. The van der Waals surface area contributed by atoms with Crippen molar-refractivity contribution in [2.24, 2.45) is 0 Å². The summed E-state index contributed by atoms with van der Waals surface area (Å²) in [5.74, 6) is 0. The van der Waals surface area contributed by atoms with Gasteiger partial charge in [-0.3, -0.25) is 4.98 Å². The fraction of sp³-hybridized carbons (Fsp3) is 0.211. The van der Waals surface area contributed by atoms with Gasteiger partial charge >= 0.3 is 0 Å². The third-order valence-electron chi connectivity index (χ3n) is 4.49. The molecule has 0 bridgehead atoms. The number of nitrogens with zero attached hydrogens (tertiary/aromatic N) is 3. The number of piperazine rings is 1. The van der Waals surface area contributed by atoms with Gasteiger partial charge in [0, 0.05) is 54.2 Å². The highest BCUT2D eigenvalue weighted by molar-refractivity contribution is 6.35. The van der Waals surface area contributed by atoms with Gasteiger partial charge in [0.05, 0.1) is 10.5 Å². The number of anilines is 2. The molecule has 1 aromatic heterocycles. The SMILES string of the molecule is Clc1cccc(N2CCN(c3ccnc4c(Cl)cccc34)CC2)c1. The van der Waals surface area contributed by atoms with E-state index in [1.54, 1.807) is 0 Å². The number of benzene rings is 2. The minimum absolute atomic E-state index is 0.701. The van der Waals surface area contributed by atoms with Gasteiger partial charge in [-0.25, -0.2) is 0 Å². The average Bonchev–Trinajstić information content (AvgIpc) is 2.62. The Morgan fingerprint density at radius 3 is 2.38 bits per heavy atom. The number of para-hydroxylation sites is 1. The van der Waals surface area contributed by atoms with Crippen LogP contribution in [-0.2, 0) is 0 Å². The Morgan fingerprint density at radius 2 is 1.58 bits per heavy atom. The van der Waals surface area contributed by atoms with E-state index in [-0.39, 0.29) is 0 Å². The van der Waals surface area contributed by atoms with Gasteiger partial charge in [-0.1, -0.05) is 41.4 Å². The number of hydrogen-bond donors (Lipinski definition) is 0. The van der Waals surface area contributed by atoms with Crippen molar-refractivity contribution >= 4 is 45.5 Å². The maximum absolute atomic E-state index is 6.28. The maximum Gasteiger partial charge on any atom is 0.0908 e. The molecule has 5 heteroatoms. The normalized spacial score (nSPS) is 15.1. The molecule has 24 heavy (non-hydrogen) atoms. The van der Waals surface area contributed by atoms with Crippen molar-refractivity contribution in [3.63, 3.8) is 0 Å². The summed E-state index contributed by atoms with van der Waals surface area (Å²) in [7, 11) is 0. The van der Waals surface area contributed by atoms with E-state index in [1.807, 2.05) is 36.5 Å². The second-order valence-electron chi connectivity index (χ2n) is 5.92. The van der Waals surface area contributed by atoms with Gasteiger partial charge in [-0.05, 0) is 30.3 Å². The molecule has 0 aliphatic carbocycles. The third-order valence-corrected chi connectivity index (χ3v) is 5.03. The molecular weight excluding hydrogens is 341 g/mol. The Labute approximate surface area is 151 Å². The van der Waals surface area contributed by atoms with E-state index in [0.29, 0.717) is 5.02 Å². The summed E-state index contributed by atoms with van der Waals surface area (Å²) in [5, 5.41) is 2.60. The number of aromatic nitrogens is 1. The van der Waals surface area contributed by atoms with Gasteiger partial charge in [-0.15, -0.1) is 0 Å². The average molecular weight is 358 g/mol. The minimum atomic E-state index is 0.701. The molecule has 3 nitrogen and oxygen atoms in total. The molecule has 1 fully saturated rings. The largest absolute Gasteiger partial charge is 0.368 e. The van der Waals surface area contributed by atoms with Gasteiger partial charge in [-0.2, -0.15) is 0 Å². The van der Waals surface area contributed by atoms with Crippen molar-refractivity contribution < 1.29 is 0 Å². The first-order valence-corrected chi connectivity index (χ1v) is 8.77. The van der Waals surface area contributed by atoms with Crippen molar-refractivity contribution in [2.45, 2.75) is 0 Å². The van der Waals surface area contributed by atoms with Crippen LogP contribution in [0.4, 0.5) is 11.4 Å². The van der Waals surface area contributed by atoms with Crippen LogP contribution >= 0.6 is 23.2 Å². The Balaban J connectivity index is 1.57. The smallest absolute Gasteiger partial charge is 0.0908 e. The van der Waals surface area contributed by atoms with Crippen molar-refractivity contribution in [2.75, 3.05) is 36.0 Å². The standard InChI is InChI=1S/C19H17Cl2N3/c20-14-3-1-4-15(13-14)23-9-11-24(12-10-23)18-7-8-22-19-16(18)5-2-6-17(19)21/h1-8,13H,9-12H2. The van der Waals surface area contributed by atoms with E-state index in [2.05, 4.69) is 33.0 Å². The molecule has 2 heterocycles. The fourth-order valence-electron chi connectivity index (χ4n) is 3.28. The van der Waals surface area contributed by atoms with Crippen LogP contribution in [0, 0.1) is 0 Å². The predicted molar refractivity (Wildman–Crippen MR) is 103 cm³/mol. The zero-order valence-corrected chi connectivity index (χ0v) is 14.6. The first-order valence-electron chi connectivity index (χ1n) is 8.01.